The van der Waals surface area contributed by atoms with Crippen LogP contribution in [0.1, 0.15) is 20.7 Å². The number of methoxy groups -OCH3 is 1. The lowest BCUT2D eigenvalue weighted by Crippen LogP contribution is -2.17. The lowest BCUT2D eigenvalue weighted by Gasteiger charge is -2.09. The SMILES string of the molecule is COCCOCCOc1ccc(NC(=O)c2cc([N+](=O)[O-])c([N+](=O)[O-])cc2C(=O)O)cn1. The van der Waals surface area contributed by atoms with Gasteiger partial charge in [0.1, 0.15) is 6.61 Å². The Kier molecular flexibility index (Phi) is 8.50. The van der Waals surface area contributed by atoms with Gasteiger partial charge in [-0.05, 0) is 6.07 Å². The third-order valence-electron chi connectivity index (χ3n) is 3.89. The minimum absolute atomic E-state index is 0.135. The smallest absolute Gasteiger partial charge is 0.346 e. The Morgan fingerprint density at radius 1 is 1.03 bits per heavy atom. The van der Waals surface area contributed by atoms with E-state index in [0.29, 0.717) is 32.0 Å². The fourth-order valence-electron chi connectivity index (χ4n) is 2.42. The third kappa shape index (κ3) is 6.41. The Bertz CT molecular complexity index is 1010. The van der Waals surface area contributed by atoms with E-state index < -0.39 is 44.2 Å². The topological polar surface area (TPSA) is 193 Å². The highest BCUT2D eigenvalue weighted by molar-refractivity contribution is 6.11. The number of benzene rings is 1. The van der Waals surface area contributed by atoms with Crippen molar-refractivity contribution < 1.29 is 38.8 Å². The number of nitrogens with zero attached hydrogens (tertiary/aromatic N) is 3. The summed E-state index contributed by atoms with van der Waals surface area (Å²) in [6.45, 7) is 1.39. The van der Waals surface area contributed by atoms with Gasteiger partial charge in [0, 0.05) is 25.3 Å². The minimum Gasteiger partial charge on any atom is -0.478 e. The molecule has 14 heteroatoms. The van der Waals surface area contributed by atoms with Gasteiger partial charge in [0.25, 0.3) is 5.91 Å². The van der Waals surface area contributed by atoms with E-state index in [1.807, 2.05) is 0 Å². The molecule has 0 saturated carbocycles. The summed E-state index contributed by atoms with van der Waals surface area (Å²) in [5.41, 5.74) is -3.31. The average molecular weight is 450 g/mol. The van der Waals surface area contributed by atoms with E-state index in [4.69, 9.17) is 14.2 Å². The number of carbonyl (C=O) groups is 2. The van der Waals surface area contributed by atoms with E-state index in [-0.39, 0.29) is 18.2 Å². The number of pyridine rings is 1. The van der Waals surface area contributed by atoms with Crippen molar-refractivity contribution in [3.05, 3.63) is 61.8 Å². The number of hydrogen-bond donors (Lipinski definition) is 2. The fourth-order valence-corrected chi connectivity index (χ4v) is 2.42. The molecule has 0 bridgehead atoms. The van der Waals surface area contributed by atoms with Crippen LogP contribution >= 0.6 is 0 Å². The molecule has 1 aromatic carbocycles. The molecule has 0 aliphatic carbocycles. The second-order valence-corrected chi connectivity index (χ2v) is 6.00. The zero-order valence-corrected chi connectivity index (χ0v) is 16.7. The van der Waals surface area contributed by atoms with Crippen molar-refractivity contribution in [3.63, 3.8) is 0 Å². The number of aromatic carboxylic acids is 1. The first kappa shape index (κ1) is 24.1. The quantitative estimate of drug-likeness (QED) is 0.272. The molecule has 2 N–H and O–H groups in total. The summed E-state index contributed by atoms with van der Waals surface area (Å²) in [6, 6.07) is 3.86. The van der Waals surface area contributed by atoms with Crippen LogP contribution < -0.4 is 10.1 Å². The molecule has 2 rings (SSSR count). The van der Waals surface area contributed by atoms with Gasteiger partial charge in [-0.15, -0.1) is 0 Å². The Morgan fingerprint density at radius 3 is 2.19 bits per heavy atom. The van der Waals surface area contributed by atoms with Crippen LogP contribution in [0.3, 0.4) is 0 Å². The zero-order valence-electron chi connectivity index (χ0n) is 16.7. The van der Waals surface area contributed by atoms with Crippen LogP contribution in [-0.2, 0) is 9.47 Å². The Morgan fingerprint density at radius 2 is 1.66 bits per heavy atom. The highest BCUT2D eigenvalue weighted by Crippen LogP contribution is 2.31. The van der Waals surface area contributed by atoms with E-state index >= 15 is 0 Å². The van der Waals surface area contributed by atoms with Gasteiger partial charge >= 0.3 is 17.3 Å². The van der Waals surface area contributed by atoms with Crippen LogP contribution in [0.15, 0.2) is 30.5 Å². The molecule has 0 radical (unpaired) electrons. The summed E-state index contributed by atoms with van der Waals surface area (Å²) in [4.78, 5) is 47.9. The van der Waals surface area contributed by atoms with Crippen LogP contribution in [0.4, 0.5) is 17.1 Å². The molecule has 0 fully saturated rings. The first-order chi connectivity index (χ1) is 15.2. The van der Waals surface area contributed by atoms with Gasteiger partial charge < -0.3 is 24.6 Å². The van der Waals surface area contributed by atoms with E-state index in [1.54, 1.807) is 7.11 Å². The van der Waals surface area contributed by atoms with Crippen molar-refractivity contribution in [1.82, 2.24) is 4.98 Å². The summed E-state index contributed by atoms with van der Waals surface area (Å²) < 4.78 is 15.4. The number of carboxylic acid groups (broad SMARTS) is 1. The molecule has 0 aliphatic heterocycles. The normalized spacial score (nSPS) is 10.4. The van der Waals surface area contributed by atoms with Gasteiger partial charge in [-0.25, -0.2) is 9.78 Å². The van der Waals surface area contributed by atoms with Crippen molar-refractivity contribution in [3.8, 4) is 5.88 Å². The number of carboxylic acids is 1. The number of anilines is 1. The molecule has 14 nitrogen and oxygen atoms in total. The van der Waals surface area contributed by atoms with Crippen LogP contribution in [0, 0.1) is 20.2 Å². The molecule has 2 aromatic rings. The van der Waals surface area contributed by atoms with Crippen LogP contribution in [0.5, 0.6) is 5.88 Å². The number of amides is 1. The highest BCUT2D eigenvalue weighted by atomic mass is 16.6. The van der Waals surface area contributed by atoms with Crippen molar-refractivity contribution >= 4 is 28.9 Å². The maximum Gasteiger partial charge on any atom is 0.346 e. The van der Waals surface area contributed by atoms with Crippen molar-refractivity contribution in [2.24, 2.45) is 0 Å². The molecule has 0 spiro atoms. The molecule has 1 amide bonds. The lowest BCUT2D eigenvalue weighted by molar-refractivity contribution is -0.422. The highest BCUT2D eigenvalue weighted by Gasteiger charge is 2.31. The standard InChI is InChI=1S/C18H18N4O10/c1-30-4-5-31-6-7-32-16-3-2-11(10-19-16)20-17(23)12-8-14(21(26)27)15(22(28)29)9-13(12)18(24)25/h2-3,8-10H,4-7H2,1H3,(H,20,23)(H,24,25). The number of rotatable bonds is 12. The monoisotopic (exact) mass is 450 g/mol. The predicted molar refractivity (Wildman–Crippen MR) is 107 cm³/mol. The van der Waals surface area contributed by atoms with E-state index in [0.717, 1.165) is 0 Å². The van der Waals surface area contributed by atoms with Crippen molar-refractivity contribution in [1.29, 1.82) is 0 Å². The minimum atomic E-state index is -1.66. The molecule has 0 atom stereocenters. The molecule has 0 unspecified atom stereocenters. The lowest BCUT2D eigenvalue weighted by atomic mass is 10.0. The number of nitro benzene ring substituents is 2. The predicted octanol–water partition coefficient (Wildman–Crippen LogP) is 1.89. The van der Waals surface area contributed by atoms with Gasteiger partial charge in [0.05, 0.1) is 52.7 Å². The first-order valence-corrected chi connectivity index (χ1v) is 8.91. The molecule has 0 aliphatic rings. The van der Waals surface area contributed by atoms with Gasteiger partial charge in [-0.1, -0.05) is 0 Å². The largest absolute Gasteiger partial charge is 0.478 e. The number of carbonyl (C=O) groups excluding carboxylic acids is 1. The third-order valence-corrected chi connectivity index (χ3v) is 3.89. The Hall–Kier alpha value is -4.17. The number of aromatic nitrogens is 1. The number of nitrogens with one attached hydrogen (secondary N) is 1. The fraction of sp³-hybridized carbons (Fsp3) is 0.278. The Balaban J connectivity index is 2.13. The number of ether oxygens (including phenoxy) is 3. The van der Waals surface area contributed by atoms with E-state index in [9.17, 15) is 34.9 Å². The molecule has 32 heavy (non-hydrogen) atoms. The summed E-state index contributed by atoms with van der Waals surface area (Å²) in [5.74, 6) is -2.46. The summed E-state index contributed by atoms with van der Waals surface area (Å²) >= 11 is 0. The summed E-state index contributed by atoms with van der Waals surface area (Å²) in [7, 11) is 1.55. The number of nitro groups is 2. The van der Waals surface area contributed by atoms with Gasteiger partial charge in [-0.3, -0.25) is 25.0 Å². The summed E-state index contributed by atoms with van der Waals surface area (Å²) in [6.07, 6.45) is 1.22. The molecule has 1 aromatic heterocycles. The first-order valence-electron chi connectivity index (χ1n) is 8.91. The zero-order chi connectivity index (χ0) is 23.7. The van der Waals surface area contributed by atoms with E-state index in [2.05, 4.69) is 10.3 Å². The maximum atomic E-state index is 12.5. The average Bonchev–Trinajstić information content (AvgIpc) is 2.76. The van der Waals surface area contributed by atoms with Crippen LogP contribution in [0.25, 0.3) is 0 Å². The van der Waals surface area contributed by atoms with Crippen LogP contribution in [-0.4, -0.2) is 65.4 Å². The van der Waals surface area contributed by atoms with Crippen LogP contribution in [0.2, 0.25) is 0 Å². The van der Waals surface area contributed by atoms with Crippen molar-refractivity contribution in [2.45, 2.75) is 0 Å². The molecular formula is C18H18N4O10. The van der Waals surface area contributed by atoms with Gasteiger partial charge in [0.15, 0.2) is 0 Å². The van der Waals surface area contributed by atoms with Crippen molar-refractivity contribution in [2.75, 3.05) is 38.9 Å². The van der Waals surface area contributed by atoms with Gasteiger partial charge in [0.2, 0.25) is 5.88 Å². The summed E-state index contributed by atoms with van der Waals surface area (Å²) in [5, 5.41) is 33.8. The molecule has 170 valence electrons. The molecular weight excluding hydrogens is 432 g/mol. The second-order valence-electron chi connectivity index (χ2n) is 6.00. The molecule has 1 heterocycles. The second kappa shape index (κ2) is 11.3. The Labute approximate surface area is 180 Å². The number of hydrogen-bond acceptors (Lipinski definition) is 10. The molecule has 0 saturated heterocycles. The van der Waals surface area contributed by atoms with Gasteiger partial charge in [-0.2, -0.15) is 0 Å². The maximum absolute atomic E-state index is 12.5. The van der Waals surface area contributed by atoms with E-state index in [1.165, 1.54) is 18.3 Å².